The molecular weight excluding hydrogens is 286 g/mol. The number of hydrogen-bond donors (Lipinski definition) is 2. The van der Waals surface area contributed by atoms with Crippen molar-refractivity contribution in [2.24, 2.45) is 0 Å². The second kappa shape index (κ2) is 8.43. The van der Waals surface area contributed by atoms with E-state index in [1.54, 1.807) is 0 Å². The fourth-order valence-electron chi connectivity index (χ4n) is 0.422. The molecule has 16 heavy (non-hydrogen) atoms. The van der Waals surface area contributed by atoms with Gasteiger partial charge in [-0.1, -0.05) is 0 Å². The molecule has 0 aromatic rings. The molecule has 0 aliphatic carbocycles. The summed E-state index contributed by atoms with van der Waals surface area (Å²) in [6.45, 7) is 0. The Balaban J connectivity index is -0.000000845. The van der Waals surface area contributed by atoms with Crippen molar-refractivity contribution in [3.05, 3.63) is 11.2 Å². The SMILES string of the molecule is O=S(=O)([O-])/C(O)=C/CC(O)S(=O)(=O)[O-].[Na+].[Na+]. The van der Waals surface area contributed by atoms with Crippen LogP contribution in [0.1, 0.15) is 6.42 Å². The van der Waals surface area contributed by atoms with Gasteiger partial charge in [0.2, 0.25) is 0 Å². The van der Waals surface area contributed by atoms with Crippen molar-refractivity contribution in [2.75, 3.05) is 0 Å². The smallest absolute Gasteiger partial charge is 0.746 e. The molecule has 0 rings (SSSR count). The summed E-state index contributed by atoms with van der Waals surface area (Å²) in [5, 5.41) is 15.4. The average Bonchev–Trinajstić information content (AvgIpc) is 1.95. The third-order valence-electron chi connectivity index (χ3n) is 1.08. The Labute approximate surface area is 137 Å². The summed E-state index contributed by atoms with van der Waals surface area (Å²) >= 11 is 0. The third-order valence-corrected chi connectivity index (χ3v) is 2.62. The van der Waals surface area contributed by atoms with Gasteiger partial charge in [0.1, 0.15) is 15.6 Å². The van der Waals surface area contributed by atoms with Gasteiger partial charge in [-0.3, -0.25) is 0 Å². The molecule has 0 aliphatic rings. The van der Waals surface area contributed by atoms with Crippen molar-refractivity contribution in [1.29, 1.82) is 0 Å². The van der Waals surface area contributed by atoms with Crippen LogP contribution in [0.5, 0.6) is 0 Å². The van der Waals surface area contributed by atoms with Crippen LogP contribution < -0.4 is 59.1 Å². The molecule has 0 aromatic carbocycles. The minimum absolute atomic E-state index is 0. The van der Waals surface area contributed by atoms with Gasteiger partial charge in [0.15, 0.2) is 15.2 Å². The van der Waals surface area contributed by atoms with E-state index in [0.29, 0.717) is 0 Å². The first-order chi connectivity index (χ1) is 6.05. The second-order valence-electron chi connectivity index (χ2n) is 2.18. The zero-order valence-corrected chi connectivity index (χ0v) is 14.2. The molecule has 0 bridgehead atoms. The molecule has 0 saturated heterocycles. The Morgan fingerprint density at radius 1 is 1.19 bits per heavy atom. The maximum atomic E-state index is 10.0. The first kappa shape index (κ1) is 22.5. The molecule has 0 heterocycles. The van der Waals surface area contributed by atoms with Gasteiger partial charge < -0.3 is 19.3 Å². The normalized spacial score (nSPS) is 14.6. The van der Waals surface area contributed by atoms with E-state index in [0.717, 1.165) is 0 Å². The van der Waals surface area contributed by atoms with Gasteiger partial charge in [0.05, 0.1) is 0 Å². The zero-order valence-electron chi connectivity index (χ0n) is 8.52. The van der Waals surface area contributed by atoms with Gasteiger partial charge >= 0.3 is 59.1 Å². The van der Waals surface area contributed by atoms with Crippen molar-refractivity contribution in [2.45, 2.75) is 11.9 Å². The van der Waals surface area contributed by atoms with Crippen LogP contribution in [0, 0.1) is 0 Å². The summed E-state index contributed by atoms with van der Waals surface area (Å²) in [6.07, 6.45) is -0.735. The predicted molar refractivity (Wildman–Crippen MR) is 40.7 cm³/mol. The van der Waals surface area contributed by atoms with E-state index in [9.17, 15) is 25.9 Å². The first-order valence-electron chi connectivity index (χ1n) is 3.03. The molecule has 0 aromatic heterocycles. The van der Waals surface area contributed by atoms with Crippen LogP contribution in [0.15, 0.2) is 11.2 Å². The quantitative estimate of drug-likeness (QED) is 0.294. The third kappa shape index (κ3) is 9.36. The standard InChI is InChI=1S/C4H8O8S2.2Na/c5-3(13(7,8)9)1-2-4(6)14(10,11)12;;/h1,4-6H,2H2,(H,7,8,9)(H,10,11,12);;/q;2*+1/p-2/b3-1+;;. The number of hydrogen-bond acceptors (Lipinski definition) is 8. The summed E-state index contributed by atoms with van der Waals surface area (Å²) in [5.41, 5.74) is -2.40. The van der Waals surface area contributed by atoms with Gasteiger partial charge in [-0.05, 0) is 6.08 Å². The predicted octanol–water partition coefficient (Wildman–Crippen LogP) is -7.81. The van der Waals surface area contributed by atoms with Gasteiger partial charge in [0.25, 0.3) is 0 Å². The first-order valence-corrected chi connectivity index (χ1v) is 5.91. The second-order valence-corrected chi connectivity index (χ2v) is 5.04. The summed E-state index contributed by atoms with van der Waals surface area (Å²) in [4.78, 5) is 0. The van der Waals surface area contributed by atoms with E-state index < -0.39 is 37.2 Å². The van der Waals surface area contributed by atoms with Gasteiger partial charge in [-0.2, -0.15) is 0 Å². The van der Waals surface area contributed by atoms with Crippen LogP contribution in [0.2, 0.25) is 0 Å². The summed E-state index contributed by atoms with van der Waals surface area (Å²) in [7, 11) is -10.1. The van der Waals surface area contributed by atoms with E-state index in [4.69, 9.17) is 10.2 Å². The molecule has 8 nitrogen and oxygen atoms in total. The minimum atomic E-state index is -5.09. The molecule has 0 fully saturated rings. The molecule has 84 valence electrons. The molecular formula is C4H6Na2O8S2. The van der Waals surface area contributed by atoms with Crippen LogP contribution in [-0.4, -0.2) is 41.6 Å². The summed E-state index contributed by atoms with van der Waals surface area (Å²) in [5.74, 6) is 0. The molecule has 0 radical (unpaired) electrons. The zero-order chi connectivity index (χ0) is 11.6. The molecule has 1 atom stereocenters. The van der Waals surface area contributed by atoms with Gasteiger partial charge in [-0.25, -0.2) is 16.8 Å². The van der Waals surface area contributed by atoms with E-state index >= 15 is 0 Å². The average molecular weight is 292 g/mol. The number of aliphatic hydroxyl groups excluding tert-OH is 2. The van der Waals surface area contributed by atoms with E-state index in [2.05, 4.69) is 0 Å². The van der Waals surface area contributed by atoms with Crippen molar-refractivity contribution in [1.82, 2.24) is 0 Å². The van der Waals surface area contributed by atoms with Crippen LogP contribution in [0.3, 0.4) is 0 Å². The monoisotopic (exact) mass is 292 g/mol. The molecule has 0 saturated carbocycles. The van der Waals surface area contributed by atoms with Crippen molar-refractivity contribution >= 4 is 20.2 Å². The van der Waals surface area contributed by atoms with Crippen molar-refractivity contribution in [3.63, 3.8) is 0 Å². The van der Waals surface area contributed by atoms with E-state index in [1.807, 2.05) is 0 Å². The Hall–Kier alpha value is 1.32. The maximum absolute atomic E-state index is 10.0. The van der Waals surface area contributed by atoms with E-state index in [-0.39, 0.29) is 65.2 Å². The molecule has 1 unspecified atom stereocenters. The molecule has 0 amide bonds. The van der Waals surface area contributed by atoms with Crippen molar-refractivity contribution in [3.8, 4) is 0 Å². The van der Waals surface area contributed by atoms with Gasteiger partial charge in [0, 0.05) is 6.42 Å². The Morgan fingerprint density at radius 3 is 1.81 bits per heavy atom. The minimum Gasteiger partial charge on any atom is -0.746 e. The number of aliphatic hydroxyl groups is 2. The largest absolute Gasteiger partial charge is 1.00 e. The Bertz CT molecular complexity index is 423. The van der Waals surface area contributed by atoms with Gasteiger partial charge in [-0.15, -0.1) is 0 Å². The summed E-state index contributed by atoms with van der Waals surface area (Å²) in [6, 6.07) is 0. The van der Waals surface area contributed by atoms with E-state index in [1.165, 1.54) is 0 Å². The molecule has 0 aliphatic heterocycles. The number of rotatable bonds is 4. The fourth-order valence-corrected chi connectivity index (χ4v) is 1.05. The maximum Gasteiger partial charge on any atom is 1.00 e. The van der Waals surface area contributed by atoms with Crippen LogP contribution in [0.25, 0.3) is 0 Å². The Morgan fingerprint density at radius 2 is 1.56 bits per heavy atom. The Kier molecular flexibility index (Phi) is 11.8. The van der Waals surface area contributed by atoms with Crippen molar-refractivity contribution < 1.29 is 95.3 Å². The molecule has 12 heteroatoms. The molecule has 0 spiro atoms. The van der Waals surface area contributed by atoms with Crippen LogP contribution >= 0.6 is 0 Å². The van der Waals surface area contributed by atoms with Crippen LogP contribution in [-0.2, 0) is 20.2 Å². The van der Waals surface area contributed by atoms with Crippen LogP contribution in [0.4, 0.5) is 0 Å². The topological polar surface area (TPSA) is 155 Å². The fraction of sp³-hybridized carbons (Fsp3) is 0.500. The molecule has 2 N–H and O–H groups in total. The summed E-state index contributed by atoms with van der Waals surface area (Å²) < 4.78 is 60.2.